The maximum Gasteiger partial charge on any atom is -0.00673 e. The van der Waals surface area contributed by atoms with E-state index in [2.05, 4.69) is 33.6 Å². The SMILES string of the molecule is C=C(CCCCC(C)(C)C)CCCSC. The molecule has 0 amide bonds. The van der Waals surface area contributed by atoms with Gasteiger partial charge in [-0.05, 0) is 49.5 Å². The highest BCUT2D eigenvalue weighted by Crippen LogP contribution is 2.23. The lowest BCUT2D eigenvalue weighted by Crippen LogP contribution is -2.04. The van der Waals surface area contributed by atoms with Crippen LogP contribution in [0, 0.1) is 5.41 Å². The van der Waals surface area contributed by atoms with Crippen LogP contribution in [0.1, 0.15) is 59.3 Å². The predicted octanol–water partition coefficient (Wildman–Crippen LogP) is 5.29. The van der Waals surface area contributed by atoms with Crippen molar-refractivity contribution in [2.45, 2.75) is 59.3 Å². The maximum atomic E-state index is 4.15. The third-order valence-corrected chi connectivity index (χ3v) is 3.28. The van der Waals surface area contributed by atoms with Crippen LogP contribution in [0.4, 0.5) is 0 Å². The average Bonchev–Trinajstić information content (AvgIpc) is 2.11. The van der Waals surface area contributed by atoms with Crippen LogP contribution >= 0.6 is 11.8 Å². The molecule has 0 saturated heterocycles. The summed E-state index contributed by atoms with van der Waals surface area (Å²) in [4.78, 5) is 0. The lowest BCUT2D eigenvalue weighted by atomic mass is 9.89. The molecule has 0 rings (SSSR count). The van der Waals surface area contributed by atoms with Crippen molar-refractivity contribution in [1.82, 2.24) is 0 Å². The molecule has 0 aromatic heterocycles. The number of unbranched alkanes of at least 4 members (excludes halogenated alkanes) is 1. The van der Waals surface area contributed by atoms with Gasteiger partial charge in [-0.1, -0.05) is 39.3 Å². The summed E-state index contributed by atoms with van der Waals surface area (Å²) in [6, 6.07) is 0. The summed E-state index contributed by atoms with van der Waals surface area (Å²) in [5.74, 6) is 1.28. The molecule has 1 heteroatoms. The Morgan fingerprint density at radius 1 is 1.07 bits per heavy atom. The third-order valence-electron chi connectivity index (χ3n) is 2.59. The van der Waals surface area contributed by atoms with Gasteiger partial charge < -0.3 is 0 Å². The molecular weight excluding hydrogens is 200 g/mol. The first-order chi connectivity index (χ1) is 6.95. The van der Waals surface area contributed by atoms with E-state index >= 15 is 0 Å². The van der Waals surface area contributed by atoms with E-state index < -0.39 is 0 Å². The van der Waals surface area contributed by atoms with Gasteiger partial charge in [0.1, 0.15) is 0 Å². The molecule has 0 aromatic rings. The molecule has 0 bridgehead atoms. The molecule has 0 unspecified atom stereocenters. The molecule has 0 fully saturated rings. The second-order valence-corrected chi connectivity index (χ2v) is 6.60. The Balaban J connectivity index is 3.32. The zero-order valence-corrected chi connectivity index (χ0v) is 11.9. The van der Waals surface area contributed by atoms with Crippen LogP contribution in [-0.2, 0) is 0 Å². The van der Waals surface area contributed by atoms with Crippen LogP contribution in [0.2, 0.25) is 0 Å². The first-order valence-corrected chi connectivity index (χ1v) is 7.50. The van der Waals surface area contributed by atoms with Crippen molar-refractivity contribution in [1.29, 1.82) is 0 Å². The predicted molar refractivity (Wildman–Crippen MR) is 74.7 cm³/mol. The quantitative estimate of drug-likeness (QED) is 0.402. The Morgan fingerprint density at radius 2 is 1.67 bits per heavy atom. The normalized spacial score (nSPS) is 11.7. The fourth-order valence-electron chi connectivity index (χ4n) is 1.62. The van der Waals surface area contributed by atoms with Crippen molar-refractivity contribution < 1.29 is 0 Å². The van der Waals surface area contributed by atoms with E-state index in [0.29, 0.717) is 5.41 Å². The summed E-state index contributed by atoms with van der Waals surface area (Å²) in [6.07, 6.45) is 9.97. The summed E-state index contributed by atoms with van der Waals surface area (Å²) >= 11 is 1.93. The minimum Gasteiger partial charge on any atom is -0.165 e. The average molecular weight is 228 g/mol. The van der Waals surface area contributed by atoms with Gasteiger partial charge in [0.25, 0.3) is 0 Å². The van der Waals surface area contributed by atoms with Crippen molar-refractivity contribution in [2.75, 3.05) is 12.0 Å². The van der Waals surface area contributed by atoms with Crippen molar-refractivity contribution in [3.05, 3.63) is 12.2 Å². The monoisotopic (exact) mass is 228 g/mol. The van der Waals surface area contributed by atoms with Gasteiger partial charge in [-0.15, -0.1) is 0 Å². The highest BCUT2D eigenvalue weighted by Gasteiger charge is 2.08. The van der Waals surface area contributed by atoms with Crippen LogP contribution in [-0.4, -0.2) is 12.0 Å². The second-order valence-electron chi connectivity index (χ2n) is 5.61. The molecule has 0 N–H and O–H groups in total. The Kier molecular flexibility index (Phi) is 8.32. The van der Waals surface area contributed by atoms with Gasteiger partial charge in [0.15, 0.2) is 0 Å². The largest absolute Gasteiger partial charge is 0.165 e. The Bertz CT molecular complexity index is 165. The van der Waals surface area contributed by atoms with Gasteiger partial charge in [-0.3, -0.25) is 0 Å². The van der Waals surface area contributed by atoms with Crippen molar-refractivity contribution in [2.24, 2.45) is 5.41 Å². The highest BCUT2D eigenvalue weighted by molar-refractivity contribution is 7.98. The van der Waals surface area contributed by atoms with Gasteiger partial charge in [0.05, 0.1) is 0 Å². The zero-order valence-electron chi connectivity index (χ0n) is 11.1. The van der Waals surface area contributed by atoms with Crippen molar-refractivity contribution in [3.63, 3.8) is 0 Å². The molecule has 0 aliphatic heterocycles. The topological polar surface area (TPSA) is 0 Å². The number of rotatable bonds is 8. The number of thioether (sulfide) groups is 1. The summed E-state index contributed by atoms with van der Waals surface area (Å²) in [7, 11) is 0. The number of allylic oxidation sites excluding steroid dienone is 1. The van der Waals surface area contributed by atoms with E-state index in [0.717, 1.165) is 0 Å². The van der Waals surface area contributed by atoms with Crippen LogP contribution in [0.3, 0.4) is 0 Å². The van der Waals surface area contributed by atoms with Gasteiger partial charge in [0.2, 0.25) is 0 Å². The Hall–Kier alpha value is 0.0900. The lowest BCUT2D eigenvalue weighted by Gasteiger charge is -2.17. The van der Waals surface area contributed by atoms with E-state index in [1.165, 1.54) is 49.9 Å². The number of hydrogen-bond donors (Lipinski definition) is 0. The first kappa shape index (κ1) is 15.1. The zero-order chi connectivity index (χ0) is 11.7. The third kappa shape index (κ3) is 12.0. The van der Waals surface area contributed by atoms with E-state index in [4.69, 9.17) is 0 Å². The van der Waals surface area contributed by atoms with E-state index in [9.17, 15) is 0 Å². The first-order valence-electron chi connectivity index (χ1n) is 6.11. The molecule has 0 aromatic carbocycles. The lowest BCUT2D eigenvalue weighted by molar-refractivity contribution is 0.360. The fraction of sp³-hybridized carbons (Fsp3) is 0.857. The molecule has 0 radical (unpaired) electrons. The van der Waals surface area contributed by atoms with E-state index in [1.807, 2.05) is 11.8 Å². The molecule has 0 aliphatic carbocycles. The minimum atomic E-state index is 0.500. The Morgan fingerprint density at radius 3 is 2.20 bits per heavy atom. The van der Waals surface area contributed by atoms with Gasteiger partial charge in [-0.2, -0.15) is 11.8 Å². The van der Waals surface area contributed by atoms with E-state index in [-0.39, 0.29) is 0 Å². The van der Waals surface area contributed by atoms with Crippen LogP contribution in [0.25, 0.3) is 0 Å². The number of hydrogen-bond acceptors (Lipinski definition) is 1. The molecule has 0 saturated carbocycles. The molecule has 0 spiro atoms. The molecule has 15 heavy (non-hydrogen) atoms. The standard InChI is InChI=1S/C14H28S/c1-13(10-8-12-15-5)9-6-7-11-14(2,3)4/h1,6-12H2,2-5H3. The second kappa shape index (κ2) is 8.27. The molecule has 0 heterocycles. The van der Waals surface area contributed by atoms with Gasteiger partial charge >= 0.3 is 0 Å². The maximum absolute atomic E-state index is 4.15. The molecule has 0 aliphatic rings. The summed E-state index contributed by atoms with van der Waals surface area (Å²) < 4.78 is 0. The molecular formula is C14H28S. The molecule has 0 nitrogen and oxygen atoms in total. The minimum absolute atomic E-state index is 0.500. The molecule has 0 atom stereocenters. The summed E-state index contributed by atoms with van der Waals surface area (Å²) in [5.41, 5.74) is 1.96. The van der Waals surface area contributed by atoms with Crippen LogP contribution in [0.15, 0.2) is 12.2 Å². The summed E-state index contributed by atoms with van der Waals surface area (Å²) in [6.45, 7) is 11.1. The Labute approximate surface area is 101 Å². The van der Waals surface area contributed by atoms with Gasteiger partial charge in [0, 0.05) is 0 Å². The van der Waals surface area contributed by atoms with Crippen LogP contribution in [0.5, 0.6) is 0 Å². The van der Waals surface area contributed by atoms with Crippen molar-refractivity contribution in [3.8, 4) is 0 Å². The summed E-state index contributed by atoms with van der Waals surface area (Å²) in [5, 5.41) is 0. The smallest absolute Gasteiger partial charge is 0.00673 e. The highest BCUT2D eigenvalue weighted by atomic mass is 32.2. The molecule has 90 valence electrons. The van der Waals surface area contributed by atoms with Crippen molar-refractivity contribution >= 4 is 11.8 Å². The fourth-order valence-corrected chi connectivity index (χ4v) is 2.05. The van der Waals surface area contributed by atoms with E-state index in [1.54, 1.807) is 0 Å². The van der Waals surface area contributed by atoms with Gasteiger partial charge in [-0.25, -0.2) is 0 Å². The van der Waals surface area contributed by atoms with Crippen LogP contribution < -0.4 is 0 Å².